The van der Waals surface area contributed by atoms with Gasteiger partial charge in [0.15, 0.2) is 5.82 Å². The molecule has 142 valence electrons. The predicted molar refractivity (Wildman–Crippen MR) is 106 cm³/mol. The highest BCUT2D eigenvalue weighted by Gasteiger charge is 2.28. The van der Waals surface area contributed by atoms with Gasteiger partial charge in [0.05, 0.1) is 11.9 Å². The summed E-state index contributed by atoms with van der Waals surface area (Å²) < 4.78 is 0. The molecular weight excluding hydrogens is 352 g/mol. The fourth-order valence-electron chi connectivity index (χ4n) is 3.42. The molecule has 0 bridgehead atoms. The van der Waals surface area contributed by atoms with E-state index in [-0.39, 0.29) is 11.8 Å². The number of carbonyl (C=O) groups excluding carboxylic acids is 1. The normalized spacial score (nSPS) is 16.1. The molecule has 0 spiro atoms. The number of hydrogen-bond donors (Lipinski definition) is 1. The minimum atomic E-state index is 0.207. The molecule has 3 aromatic rings. The quantitative estimate of drug-likeness (QED) is 0.714. The average molecular weight is 374 g/mol. The Hall–Kier alpha value is -3.35. The van der Waals surface area contributed by atoms with Crippen LogP contribution in [-0.2, 0) is 11.2 Å². The number of nitrogens with one attached hydrogen (secondary N) is 1. The van der Waals surface area contributed by atoms with Crippen molar-refractivity contribution in [2.75, 3.05) is 18.4 Å². The fraction of sp³-hybridized carbons (Fsp3) is 0.286. The molecule has 4 rings (SSSR count). The van der Waals surface area contributed by atoms with Gasteiger partial charge in [-0.2, -0.15) is 0 Å². The molecule has 1 aliphatic rings. The fourth-order valence-corrected chi connectivity index (χ4v) is 3.42. The van der Waals surface area contributed by atoms with E-state index >= 15 is 0 Å². The van der Waals surface area contributed by atoms with Crippen molar-refractivity contribution in [1.29, 1.82) is 0 Å². The molecule has 1 atom stereocenters. The third kappa shape index (κ3) is 4.49. The topological polar surface area (TPSA) is 83.9 Å². The summed E-state index contributed by atoms with van der Waals surface area (Å²) >= 11 is 0. The zero-order valence-electron chi connectivity index (χ0n) is 15.5. The minimum absolute atomic E-state index is 0.207. The van der Waals surface area contributed by atoms with Gasteiger partial charge in [0.1, 0.15) is 0 Å². The summed E-state index contributed by atoms with van der Waals surface area (Å²) in [6, 6.07) is 12.1. The number of carbonyl (C=O) groups is 1. The Labute approximate surface area is 163 Å². The van der Waals surface area contributed by atoms with Crippen LogP contribution in [0.5, 0.6) is 0 Å². The molecular formula is C21H22N6O. The van der Waals surface area contributed by atoms with Crippen molar-refractivity contribution in [2.24, 2.45) is 0 Å². The summed E-state index contributed by atoms with van der Waals surface area (Å²) in [5.41, 5.74) is 2.14. The summed E-state index contributed by atoms with van der Waals surface area (Å²) in [6.07, 6.45) is 8.82. The van der Waals surface area contributed by atoms with Gasteiger partial charge in [0.2, 0.25) is 11.9 Å². The molecule has 1 fully saturated rings. The standard InChI is InChI=1S/C21H22N6O/c28-20(7-6-16-4-2-1-3-5-16)27-13-9-17(15-27)18-8-10-24-21(25-18)26-19-14-22-11-12-23-19/h1-5,8,10-12,14,17H,6-7,9,13,15H2,(H,23,24,25,26)/t17-/m0/s1. The molecule has 3 heterocycles. The van der Waals surface area contributed by atoms with E-state index in [1.165, 1.54) is 5.56 Å². The molecule has 7 heteroatoms. The number of aryl methyl sites for hydroxylation is 1. The monoisotopic (exact) mass is 374 g/mol. The Morgan fingerprint density at radius 1 is 1.11 bits per heavy atom. The van der Waals surface area contributed by atoms with Crippen LogP contribution in [0.1, 0.15) is 30.0 Å². The third-order valence-corrected chi connectivity index (χ3v) is 4.91. The molecule has 7 nitrogen and oxygen atoms in total. The molecule has 1 N–H and O–H groups in total. The molecule has 1 saturated heterocycles. The Balaban J connectivity index is 1.34. The lowest BCUT2D eigenvalue weighted by Gasteiger charge is -2.16. The van der Waals surface area contributed by atoms with E-state index in [0.717, 1.165) is 25.1 Å². The lowest BCUT2D eigenvalue weighted by Crippen LogP contribution is -2.28. The van der Waals surface area contributed by atoms with Gasteiger partial charge in [-0.1, -0.05) is 30.3 Å². The Morgan fingerprint density at radius 2 is 2.00 bits per heavy atom. The molecule has 0 aliphatic carbocycles. The van der Waals surface area contributed by atoms with Crippen LogP contribution >= 0.6 is 0 Å². The predicted octanol–water partition coefficient (Wildman–Crippen LogP) is 2.96. The molecule has 1 aromatic carbocycles. The van der Waals surface area contributed by atoms with Gasteiger partial charge in [-0.05, 0) is 24.5 Å². The molecule has 0 radical (unpaired) electrons. The Morgan fingerprint density at radius 3 is 2.82 bits per heavy atom. The number of rotatable bonds is 6. The van der Waals surface area contributed by atoms with E-state index in [2.05, 4.69) is 37.4 Å². The van der Waals surface area contributed by atoms with Crippen LogP contribution in [0, 0.1) is 0 Å². The summed E-state index contributed by atoms with van der Waals surface area (Å²) in [5, 5.41) is 3.06. The number of amides is 1. The second-order valence-electron chi connectivity index (χ2n) is 6.83. The van der Waals surface area contributed by atoms with E-state index in [4.69, 9.17) is 0 Å². The summed E-state index contributed by atoms with van der Waals surface area (Å²) in [4.78, 5) is 31.6. The minimum Gasteiger partial charge on any atom is -0.342 e. The largest absolute Gasteiger partial charge is 0.342 e. The van der Waals surface area contributed by atoms with Crippen LogP contribution in [0.25, 0.3) is 0 Å². The summed E-state index contributed by atoms with van der Waals surface area (Å²) in [6.45, 7) is 1.48. The number of anilines is 2. The number of likely N-dealkylation sites (tertiary alicyclic amines) is 1. The molecule has 1 aliphatic heterocycles. The van der Waals surface area contributed by atoms with Gasteiger partial charge >= 0.3 is 0 Å². The second kappa shape index (κ2) is 8.56. The zero-order chi connectivity index (χ0) is 19.2. The van der Waals surface area contributed by atoms with Crippen LogP contribution in [-0.4, -0.2) is 43.8 Å². The first kappa shape index (κ1) is 18.0. The maximum Gasteiger partial charge on any atom is 0.228 e. The zero-order valence-corrected chi connectivity index (χ0v) is 15.5. The molecule has 2 aromatic heterocycles. The van der Waals surface area contributed by atoms with Crippen molar-refractivity contribution in [3.63, 3.8) is 0 Å². The van der Waals surface area contributed by atoms with Gasteiger partial charge in [0, 0.05) is 44.0 Å². The highest BCUT2D eigenvalue weighted by molar-refractivity contribution is 5.76. The number of nitrogens with zero attached hydrogens (tertiary/aromatic N) is 5. The highest BCUT2D eigenvalue weighted by atomic mass is 16.2. The van der Waals surface area contributed by atoms with Gasteiger partial charge in [-0.25, -0.2) is 15.0 Å². The summed E-state index contributed by atoms with van der Waals surface area (Å²) in [5.74, 6) is 1.53. The van der Waals surface area contributed by atoms with Crippen LogP contribution < -0.4 is 5.32 Å². The Kier molecular flexibility index (Phi) is 5.51. The van der Waals surface area contributed by atoms with E-state index in [1.54, 1.807) is 24.8 Å². The van der Waals surface area contributed by atoms with Crippen LogP contribution in [0.3, 0.4) is 0 Å². The first-order valence-electron chi connectivity index (χ1n) is 9.45. The highest BCUT2D eigenvalue weighted by Crippen LogP contribution is 2.27. The molecule has 0 unspecified atom stereocenters. The lowest BCUT2D eigenvalue weighted by atomic mass is 10.1. The molecule has 28 heavy (non-hydrogen) atoms. The SMILES string of the molecule is O=C(CCc1ccccc1)N1CC[C@H](c2ccnc(Nc3cnccn3)n2)C1. The van der Waals surface area contributed by atoms with Crippen molar-refractivity contribution in [3.05, 3.63) is 72.4 Å². The van der Waals surface area contributed by atoms with Crippen molar-refractivity contribution < 1.29 is 4.79 Å². The van der Waals surface area contributed by atoms with E-state index < -0.39 is 0 Å². The number of benzene rings is 1. The summed E-state index contributed by atoms with van der Waals surface area (Å²) in [7, 11) is 0. The Bertz CT molecular complexity index is 918. The average Bonchev–Trinajstić information content (AvgIpc) is 3.24. The molecule has 1 amide bonds. The van der Waals surface area contributed by atoms with Crippen molar-refractivity contribution in [3.8, 4) is 0 Å². The van der Waals surface area contributed by atoms with Crippen LogP contribution in [0.2, 0.25) is 0 Å². The van der Waals surface area contributed by atoms with Gasteiger partial charge < -0.3 is 10.2 Å². The number of hydrogen-bond acceptors (Lipinski definition) is 6. The third-order valence-electron chi connectivity index (χ3n) is 4.91. The van der Waals surface area contributed by atoms with Gasteiger partial charge in [0.25, 0.3) is 0 Å². The first-order valence-corrected chi connectivity index (χ1v) is 9.45. The lowest BCUT2D eigenvalue weighted by molar-refractivity contribution is -0.130. The van der Waals surface area contributed by atoms with E-state index in [1.807, 2.05) is 29.2 Å². The molecule has 0 saturated carbocycles. The maximum atomic E-state index is 12.6. The van der Waals surface area contributed by atoms with Gasteiger partial charge in [-0.3, -0.25) is 9.78 Å². The van der Waals surface area contributed by atoms with Gasteiger partial charge in [-0.15, -0.1) is 0 Å². The second-order valence-corrected chi connectivity index (χ2v) is 6.83. The van der Waals surface area contributed by atoms with Crippen molar-refractivity contribution in [2.45, 2.75) is 25.2 Å². The van der Waals surface area contributed by atoms with E-state index in [0.29, 0.717) is 24.7 Å². The van der Waals surface area contributed by atoms with Crippen molar-refractivity contribution in [1.82, 2.24) is 24.8 Å². The number of aromatic nitrogens is 4. The van der Waals surface area contributed by atoms with Crippen molar-refractivity contribution >= 4 is 17.7 Å². The maximum absolute atomic E-state index is 12.6. The van der Waals surface area contributed by atoms with E-state index in [9.17, 15) is 4.79 Å². The van der Waals surface area contributed by atoms with Crippen LogP contribution in [0.4, 0.5) is 11.8 Å². The van der Waals surface area contributed by atoms with Crippen LogP contribution in [0.15, 0.2) is 61.2 Å². The first-order chi connectivity index (χ1) is 13.8. The smallest absolute Gasteiger partial charge is 0.228 e.